The van der Waals surface area contributed by atoms with Gasteiger partial charge in [-0.05, 0) is 66.9 Å². The van der Waals surface area contributed by atoms with Crippen LogP contribution >= 0.6 is 11.8 Å². The summed E-state index contributed by atoms with van der Waals surface area (Å²) in [6, 6.07) is 16.7. The molecular formula is C24H23N3OS. The van der Waals surface area contributed by atoms with Crippen molar-refractivity contribution in [1.82, 2.24) is 4.98 Å². The Morgan fingerprint density at radius 1 is 1.14 bits per heavy atom. The molecule has 0 spiro atoms. The fourth-order valence-electron chi connectivity index (χ4n) is 3.61. The number of anilines is 1. The number of fused-ring (bicyclic) bond motifs is 1. The number of primary amides is 1. The van der Waals surface area contributed by atoms with Gasteiger partial charge in [0.15, 0.2) is 0 Å². The van der Waals surface area contributed by atoms with Crippen LogP contribution in [-0.4, -0.2) is 17.4 Å². The number of aryl methyl sites for hydroxylation is 2. The zero-order valence-corrected chi connectivity index (χ0v) is 17.4. The predicted octanol–water partition coefficient (Wildman–Crippen LogP) is 4.86. The van der Waals surface area contributed by atoms with Crippen LogP contribution in [-0.2, 0) is 10.5 Å². The van der Waals surface area contributed by atoms with Gasteiger partial charge in [0.2, 0.25) is 0 Å². The average molecular weight is 402 g/mol. The maximum Gasteiger partial charge on any atom is 0.251 e. The Balaban J connectivity index is 1.67. The third kappa shape index (κ3) is 4.20. The van der Waals surface area contributed by atoms with E-state index in [9.17, 15) is 4.79 Å². The van der Waals surface area contributed by atoms with Crippen LogP contribution in [0.15, 0.2) is 77.5 Å². The zero-order chi connectivity index (χ0) is 20.4. The highest BCUT2D eigenvalue weighted by Gasteiger charge is 2.22. The van der Waals surface area contributed by atoms with Gasteiger partial charge in [-0.2, -0.15) is 0 Å². The highest BCUT2D eigenvalue weighted by molar-refractivity contribution is 8.02. The van der Waals surface area contributed by atoms with Crippen molar-refractivity contribution in [3.05, 3.63) is 94.2 Å². The van der Waals surface area contributed by atoms with Crippen molar-refractivity contribution >= 4 is 34.3 Å². The quantitative estimate of drug-likeness (QED) is 0.663. The Kier molecular flexibility index (Phi) is 5.41. The number of benzene rings is 2. The first-order chi connectivity index (χ1) is 14.0. The average Bonchev–Trinajstić information content (AvgIpc) is 2.71. The molecule has 0 bridgehead atoms. The van der Waals surface area contributed by atoms with Crippen LogP contribution in [0.3, 0.4) is 0 Å². The van der Waals surface area contributed by atoms with Crippen molar-refractivity contribution in [2.24, 2.45) is 5.73 Å². The monoisotopic (exact) mass is 401 g/mol. The molecule has 0 saturated carbocycles. The normalized spacial score (nSPS) is 13.9. The van der Waals surface area contributed by atoms with E-state index in [0.717, 1.165) is 27.4 Å². The first-order valence-corrected chi connectivity index (χ1v) is 10.5. The van der Waals surface area contributed by atoms with Crippen molar-refractivity contribution in [2.75, 3.05) is 11.4 Å². The van der Waals surface area contributed by atoms with E-state index in [1.165, 1.54) is 16.7 Å². The molecule has 2 N–H and O–H groups in total. The van der Waals surface area contributed by atoms with E-state index >= 15 is 0 Å². The van der Waals surface area contributed by atoms with Gasteiger partial charge in [-0.3, -0.25) is 9.78 Å². The SMILES string of the molecule is Cc1cc(C)cc(N2CC=CC(C(N)=O)=C2SCc2ccc3ncccc3c2)c1. The second-order valence-electron chi connectivity index (χ2n) is 7.26. The number of nitrogens with zero attached hydrogens (tertiary/aromatic N) is 2. The lowest BCUT2D eigenvalue weighted by atomic mass is 10.1. The maximum atomic E-state index is 12.1. The molecule has 4 rings (SSSR count). The Labute approximate surface area is 175 Å². The molecule has 1 aromatic heterocycles. The number of hydrogen-bond acceptors (Lipinski definition) is 4. The number of aromatic nitrogens is 1. The lowest BCUT2D eigenvalue weighted by molar-refractivity contribution is -0.114. The molecule has 0 fully saturated rings. The summed E-state index contributed by atoms with van der Waals surface area (Å²) in [5.74, 6) is 0.340. The summed E-state index contributed by atoms with van der Waals surface area (Å²) >= 11 is 1.64. The third-order valence-electron chi connectivity index (χ3n) is 4.87. The molecule has 1 aliphatic heterocycles. The molecule has 0 aliphatic carbocycles. The molecule has 1 aliphatic rings. The summed E-state index contributed by atoms with van der Waals surface area (Å²) in [4.78, 5) is 18.7. The van der Waals surface area contributed by atoms with Crippen LogP contribution in [0.4, 0.5) is 5.69 Å². The van der Waals surface area contributed by atoms with E-state index in [1.807, 2.05) is 24.3 Å². The molecular weight excluding hydrogens is 378 g/mol. The first kappa shape index (κ1) is 19.3. The molecule has 1 amide bonds. The smallest absolute Gasteiger partial charge is 0.251 e. The van der Waals surface area contributed by atoms with Crippen molar-refractivity contribution in [2.45, 2.75) is 19.6 Å². The van der Waals surface area contributed by atoms with Crippen LogP contribution in [0.1, 0.15) is 16.7 Å². The predicted molar refractivity (Wildman–Crippen MR) is 122 cm³/mol. The van der Waals surface area contributed by atoms with E-state index < -0.39 is 5.91 Å². The molecule has 29 heavy (non-hydrogen) atoms. The highest BCUT2D eigenvalue weighted by Crippen LogP contribution is 2.35. The number of pyridine rings is 1. The van der Waals surface area contributed by atoms with Crippen LogP contribution in [0, 0.1) is 13.8 Å². The second-order valence-corrected chi connectivity index (χ2v) is 8.23. The maximum absolute atomic E-state index is 12.1. The number of carbonyl (C=O) groups excluding carboxylic acids is 1. The fraction of sp³-hybridized carbons (Fsp3) is 0.167. The summed E-state index contributed by atoms with van der Waals surface area (Å²) in [7, 11) is 0. The summed E-state index contributed by atoms with van der Waals surface area (Å²) < 4.78 is 0. The molecule has 4 nitrogen and oxygen atoms in total. The van der Waals surface area contributed by atoms with Crippen molar-refractivity contribution < 1.29 is 4.79 Å². The van der Waals surface area contributed by atoms with E-state index in [-0.39, 0.29) is 0 Å². The van der Waals surface area contributed by atoms with Crippen molar-refractivity contribution in [3.63, 3.8) is 0 Å². The minimum Gasteiger partial charge on any atom is -0.366 e. The lowest BCUT2D eigenvalue weighted by Gasteiger charge is -2.30. The minimum atomic E-state index is -0.402. The van der Waals surface area contributed by atoms with E-state index in [2.05, 4.69) is 60.1 Å². The van der Waals surface area contributed by atoms with Gasteiger partial charge in [-0.15, -0.1) is 11.8 Å². The number of thioether (sulfide) groups is 1. The Hall–Kier alpha value is -3.05. The molecule has 146 valence electrons. The van der Waals surface area contributed by atoms with E-state index in [1.54, 1.807) is 18.0 Å². The van der Waals surface area contributed by atoms with Crippen LogP contribution in [0.25, 0.3) is 10.9 Å². The largest absolute Gasteiger partial charge is 0.366 e. The second kappa shape index (κ2) is 8.13. The molecule has 0 radical (unpaired) electrons. The Bertz CT molecular complexity index is 1130. The number of rotatable bonds is 5. The Morgan fingerprint density at radius 2 is 1.93 bits per heavy atom. The van der Waals surface area contributed by atoms with Gasteiger partial charge in [0.25, 0.3) is 5.91 Å². The lowest BCUT2D eigenvalue weighted by Crippen LogP contribution is -2.29. The van der Waals surface area contributed by atoms with Gasteiger partial charge >= 0.3 is 0 Å². The van der Waals surface area contributed by atoms with Gasteiger partial charge in [-0.25, -0.2) is 0 Å². The third-order valence-corrected chi connectivity index (χ3v) is 6.07. The van der Waals surface area contributed by atoms with Crippen LogP contribution in [0.2, 0.25) is 0 Å². The number of amides is 1. The summed E-state index contributed by atoms with van der Waals surface area (Å²) in [6.07, 6.45) is 5.63. The van der Waals surface area contributed by atoms with Crippen molar-refractivity contribution in [1.29, 1.82) is 0 Å². The Morgan fingerprint density at radius 3 is 2.69 bits per heavy atom. The standard InChI is InChI=1S/C24H23N3OS/c1-16-11-17(2)13-20(12-16)27-10-4-6-21(23(25)28)24(27)29-15-18-7-8-22-19(14-18)5-3-9-26-22/h3-9,11-14H,10,15H2,1-2H3,(H2,25,28). The van der Waals surface area contributed by atoms with Gasteiger partial charge in [0, 0.05) is 29.6 Å². The molecule has 5 heteroatoms. The minimum absolute atomic E-state index is 0.402. The van der Waals surface area contributed by atoms with Gasteiger partial charge in [0.05, 0.1) is 16.1 Å². The number of hydrogen-bond donors (Lipinski definition) is 1. The topological polar surface area (TPSA) is 59.2 Å². The molecule has 2 heterocycles. The molecule has 2 aromatic carbocycles. The molecule has 0 saturated heterocycles. The molecule has 3 aromatic rings. The number of carbonyl (C=O) groups is 1. The van der Waals surface area contributed by atoms with Crippen molar-refractivity contribution in [3.8, 4) is 0 Å². The summed E-state index contributed by atoms with van der Waals surface area (Å²) in [5, 5.41) is 2.01. The fourth-order valence-corrected chi connectivity index (χ4v) is 4.76. The number of nitrogens with two attached hydrogens (primary N) is 1. The van der Waals surface area contributed by atoms with Gasteiger partial charge in [-0.1, -0.05) is 24.3 Å². The van der Waals surface area contributed by atoms with Crippen LogP contribution in [0.5, 0.6) is 0 Å². The van der Waals surface area contributed by atoms with Crippen LogP contribution < -0.4 is 10.6 Å². The van der Waals surface area contributed by atoms with Gasteiger partial charge in [0.1, 0.15) is 0 Å². The summed E-state index contributed by atoms with van der Waals surface area (Å²) in [6.45, 7) is 4.89. The molecule has 0 unspecified atom stereocenters. The zero-order valence-electron chi connectivity index (χ0n) is 16.6. The highest BCUT2D eigenvalue weighted by atomic mass is 32.2. The van der Waals surface area contributed by atoms with E-state index in [0.29, 0.717) is 12.1 Å². The first-order valence-electron chi connectivity index (χ1n) is 9.54. The van der Waals surface area contributed by atoms with E-state index in [4.69, 9.17) is 5.73 Å². The molecule has 0 atom stereocenters. The summed E-state index contributed by atoms with van der Waals surface area (Å²) in [5.41, 5.74) is 11.9. The van der Waals surface area contributed by atoms with Gasteiger partial charge < -0.3 is 10.6 Å².